The first-order valence-corrected chi connectivity index (χ1v) is 7.28. The van der Waals surface area contributed by atoms with Crippen LogP contribution in [0.5, 0.6) is 5.75 Å². The second-order valence-corrected chi connectivity index (χ2v) is 5.59. The lowest BCUT2D eigenvalue weighted by atomic mass is 10.0. The molecule has 0 radical (unpaired) electrons. The van der Waals surface area contributed by atoms with Crippen molar-refractivity contribution in [3.63, 3.8) is 0 Å². The van der Waals surface area contributed by atoms with E-state index in [0.717, 1.165) is 12.1 Å². The Kier molecular flexibility index (Phi) is 5.16. The molecule has 1 aliphatic heterocycles. The molecule has 8 heteroatoms. The molecule has 2 rings (SSSR count). The topological polar surface area (TPSA) is 64.0 Å². The number of phenols is 1. The van der Waals surface area contributed by atoms with E-state index < -0.39 is 23.2 Å². The number of phenolic OH excluding ortho intramolecular Hbond substituents is 1. The summed E-state index contributed by atoms with van der Waals surface area (Å²) in [6.07, 6.45) is -4.66. The van der Waals surface area contributed by atoms with Crippen LogP contribution in [0.15, 0.2) is 18.2 Å². The lowest BCUT2D eigenvalue weighted by Gasteiger charge is -2.39. The first-order chi connectivity index (χ1) is 10.7. The number of halogens is 3. The second kappa shape index (κ2) is 6.76. The number of carbonyl (C=O) groups is 1. The Morgan fingerprint density at radius 1 is 1.35 bits per heavy atom. The van der Waals surface area contributed by atoms with Gasteiger partial charge >= 0.3 is 6.18 Å². The highest BCUT2D eigenvalue weighted by molar-refractivity contribution is 5.96. The molecular weight excluding hydrogens is 313 g/mol. The van der Waals surface area contributed by atoms with Gasteiger partial charge in [-0.1, -0.05) is 0 Å². The molecule has 1 atom stereocenters. The fourth-order valence-electron chi connectivity index (χ4n) is 2.77. The Morgan fingerprint density at radius 2 is 2.04 bits per heavy atom. The molecule has 0 bridgehead atoms. The number of rotatable bonds is 3. The maximum atomic E-state index is 13.1. The molecule has 1 aromatic rings. The number of aliphatic hydroxyl groups is 1. The molecule has 1 amide bonds. The van der Waals surface area contributed by atoms with Crippen molar-refractivity contribution >= 4 is 5.91 Å². The van der Waals surface area contributed by atoms with E-state index in [0.29, 0.717) is 19.2 Å². The fraction of sp³-hybridized carbons (Fsp3) is 0.533. The quantitative estimate of drug-likeness (QED) is 0.882. The third kappa shape index (κ3) is 3.94. The molecular formula is C15H19F3N2O3. The molecule has 0 unspecified atom stereocenters. The number of aliphatic hydroxyl groups excluding tert-OH is 1. The van der Waals surface area contributed by atoms with E-state index in [2.05, 4.69) is 0 Å². The third-order valence-corrected chi connectivity index (χ3v) is 3.98. The van der Waals surface area contributed by atoms with Gasteiger partial charge in [0.05, 0.1) is 17.7 Å². The number of aromatic hydroxyl groups is 1. The molecule has 1 aliphatic rings. The van der Waals surface area contributed by atoms with Gasteiger partial charge in [-0.15, -0.1) is 0 Å². The number of benzene rings is 1. The smallest absolute Gasteiger partial charge is 0.417 e. The summed E-state index contributed by atoms with van der Waals surface area (Å²) in [5, 5.41) is 18.4. The van der Waals surface area contributed by atoms with Gasteiger partial charge < -0.3 is 15.1 Å². The van der Waals surface area contributed by atoms with Crippen molar-refractivity contribution < 1.29 is 28.2 Å². The summed E-state index contributed by atoms with van der Waals surface area (Å²) < 4.78 is 39.2. The fourth-order valence-corrected chi connectivity index (χ4v) is 2.77. The number of carbonyl (C=O) groups excluding carboxylic acids is 1. The molecule has 5 nitrogen and oxygen atoms in total. The van der Waals surface area contributed by atoms with Gasteiger partial charge in [0.1, 0.15) is 5.75 Å². The Morgan fingerprint density at radius 3 is 2.61 bits per heavy atom. The number of amides is 1. The number of hydrogen-bond acceptors (Lipinski definition) is 4. The van der Waals surface area contributed by atoms with Gasteiger partial charge in [-0.05, 0) is 25.1 Å². The summed E-state index contributed by atoms with van der Waals surface area (Å²) in [5.41, 5.74) is -1.59. The van der Waals surface area contributed by atoms with Gasteiger partial charge in [-0.2, -0.15) is 13.2 Å². The van der Waals surface area contributed by atoms with Gasteiger partial charge in [-0.25, -0.2) is 0 Å². The van der Waals surface area contributed by atoms with Crippen LogP contribution in [0.2, 0.25) is 0 Å². The van der Waals surface area contributed by atoms with E-state index in [1.165, 1.54) is 4.90 Å². The Labute approximate surface area is 131 Å². The van der Waals surface area contributed by atoms with Gasteiger partial charge in [0.25, 0.3) is 5.91 Å². The minimum atomic E-state index is -4.66. The van der Waals surface area contributed by atoms with Crippen molar-refractivity contribution in [1.82, 2.24) is 9.80 Å². The summed E-state index contributed by atoms with van der Waals surface area (Å²) in [7, 11) is 0. The van der Waals surface area contributed by atoms with Crippen LogP contribution >= 0.6 is 0 Å². The van der Waals surface area contributed by atoms with Crippen LogP contribution in [0.4, 0.5) is 13.2 Å². The molecule has 0 aromatic heterocycles. The lowest BCUT2D eigenvalue weighted by molar-refractivity contribution is -0.138. The van der Waals surface area contributed by atoms with Crippen LogP contribution in [-0.2, 0) is 6.18 Å². The molecule has 0 spiro atoms. The van der Waals surface area contributed by atoms with Gasteiger partial charge in [0, 0.05) is 32.2 Å². The van der Waals surface area contributed by atoms with E-state index >= 15 is 0 Å². The molecule has 0 saturated carbocycles. The van der Waals surface area contributed by atoms with E-state index in [4.69, 9.17) is 5.11 Å². The van der Waals surface area contributed by atoms with E-state index in [-0.39, 0.29) is 31.5 Å². The van der Waals surface area contributed by atoms with Crippen LogP contribution in [0, 0.1) is 0 Å². The van der Waals surface area contributed by atoms with Crippen molar-refractivity contribution in [2.24, 2.45) is 0 Å². The lowest BCUT2D eigenvalue weighted by Crippen LogP contribution is -2.54. The number of nitrogens with zero attached hydrogens (tertiary/aromatic N) is 2. The Hall–Kier alpha value is -1.80. The zero-order valence-electron chi connectivity index (χ0n) is 12.7. The third-order valence-electron chi connectivity index (χ3n) is 3.98. The largest absolute Gasteiger partial charge is 0.508 e. The summed E-state index contributed by atoms with van der Waals surface area (Å²) in [5.74, 6) is -1.13. The first-order valence-electron chi connectivity index (χ1n) is 7.28. The van der Waals surface area contributed by atoms with E-state index in [9.17, 15) is 23.1 Å². The van der Waals surface area contributed by atoms with Crippen molar-refractivity contribution in [3.05, 3.63) is 29.3 Å². The van der Waals surface area contributed by atoms with Gasteiger partial charge in [-0.3, -0.25) is 9.69 Å². The zero-order chi connectivity index (χ0) is 17.2. The molecule has 1 aromatic carbocycles. The summed E-state index contributed by atoms with van der Waals surface area (Å²) >= 11 is 0. The van der Waals surface area contributed by atoms with Crippen molar-refractivity contribution in [3.8, 4) is 5.75 Å². The molecule has 1 heterocycles. The van der Waals surface area contributed by atoms with Crippen molar-refractivity contribution in [2.45, 2.75) is 19.1 Å². The SMILES string of the molecule is C[C@H]1CN(C(=O)c2cc(O)ccc2C(F)(F)F)CCN1CCO. The highest BCUT2D eigenvalue weighted by Crippen LogP contribution is 2.34. The minimum Gasteiger partial charge on any atom is -0.508 e. The van der Waals surface area contributed by atoms with Crippen LogP contribution in [-0.4, -0.2) is 64.7 Å². The number of piperazine rings is 1. The predicted molar refractivity (Wildman–Crippen MR) is 77.1 cm³/mol. The second-order valence-electron chi connectivity index (χ2n) is 5.59. The summed E-state index contributed by atoms with van der Waals surface area (Å²) in [4.78, 5) is 15.8. The molecule has 23 heavy (non-hydrogen) atoms. The molecule has 0 aliphatic carbocycles. The maximum Gasteiger partial charge on any atom is 0.417 e. The van der Waals surface area contributed by atoms with Crippen LogP contribution in [0.3, 0.4) is 0 Å². The number of β-amino-alcohol motifs (C(OH)–C–C–N with tert-alkyl or cyclic N) is 1. The Bertz CT molecular complexity index is 578. The molecule has 128 valence electrons. The standard InChI is InChI=1S/C15H19F3N2O3/c1-10-9-20(5-4-19(10)6-7-21)14(23)12-8-11(22)2-3-13(12)15(16,17)18/h2-3,8,10,21-22H,4-7,9H2,1H3/t10-/m0/s1. The van der Waals surface area contributed by atoms with Gasteiger partial charge in [0.15, 0.2) is 0 Å². The van der Waals surface area contributed by atoms with Crippen LogP contribution in [0.1, 0.15) is 22.8 Å². The van der Waals surface area contributed by atoms with E-state index in [1.54, 1.807) is 0 Å². The van der Waals surface area contributed by atoms with Crippen LogP contribution < -0.4 is 0 Å². The zero-order valence-corrected chi connectivity index (χ0v) is 12.7. The Balaban J connectivity index is 2.23. The van der Waals surface area contributed by atoms with Gasteiger partial charge in [0.2, 0.25) is 0 Å². The summed E-state index contributed by atoms with van der Waals surface area (Å²) in [6, 6.07) is 2.43. The maximum absolute atomic E-state index is 13.1. The summed E-state index contributed by atoms with van der Waals surface area (Å²) in [6.45, 7) is 3.32. The minimum absolute atomic E-state index is 0.0108. The normalized spacial score (nSPS) is 19.9. The first kappa shape index (κ1) is 17.6. The average molecular weight is 332 g/mol. The monoisotopic (exact) mass is 332 g/mol. The highest BCUT2D eigenvalue weighted by atomic mass is 19.4. The van der Waals surface area contributed by atoms with Crippen LogP contribution in [0.25, 0.3) is 0 Å². The number of alkyl halides is 3. The van der Waals surface area contributed by atoms with Crippen molar-refractivity contribution in [2.75, 3.05) is 32.8 Å². The average Bonchev–Trinajstić information content (AvgIpc) is 2.47. The molecule has 2 N–H and O–H groups in total. The van der Waals surface area contributed by atoms with Crippen molar-refractivity contribution in [1.29, 1.82) is 0 Å². The number of hydrogen-bond donors (Lipinski definition) is 2. The highest BCUT2D eigenvalue weighted by Gasteiger charge is 2.37. The predicted octanol–water partition coefficient (Wildman–Crippen LogP) is 1.55. The molecule has 1 saturated heterocycles. The molecule has 1 fully saturated rings. The van der Waals surface area contributed by atoms with E-state index in [1.807, 2.05) is 11.8 Å².